The molecule has 0 radical (unpaired) electrons. The zero-order valence-electron chi connectivity index (χ0n) is 9.81. The molecule has 5 heteroatoms. The molecule has 0 spiro atoms. The van der Waals surface area contributed by atoms with Crippen LogP contribution in [0.5, 0.6) is 0 Å². The van der Waals surface area contributed by atoms with Crippen molar-refractivity contribution in [1.29, 1.82) is 0 Å². The molecule has 0 rings (SSSR count). The van der Waals surface area contributed by atoms with Crippen LogP contribution in [0.25, 0.3) is 0 Å². The van der Waals surface area contributed by atoms with Crippen molar-refractivity contribution in [2.24, 2.45) is 0 Å². The Morgan fingerprint density at radius 3 is 2.24 bits per heavy atom. The van der Waals surface area contributed by atoms with Gasteiger partial charge in [0.05, 0.1) is 0 Å². The maximum atomic E-state index is 12.2. The van der Waals surface area contributed by atoms with Crippen LogP contribution < -0.4 is 0 Å². The topological polar surface area (TPSA) is 20.3 Å². The van der Waals surface area contributed by atoms with Crippen molar-refractivity contribution in [3.05, 3.63) is 37.0 Å². The van der Waals surface area contributed by atoms with Gasteiger partial charge in [-0.2, -0.15) is 13.2 Å². The summed E-state index contributed by atoms with van der Waals surface area (Å²) < 4.78 is 36.7. The molecule has 0 aliphatic carbocycles. The number of hydrogen-bond donors (Lipinski definition) is 0. The first-order chi connectivity index (χ1) is 7.70. The SMILES string of the molecule is C=CCN(CCC(=C)C(=C)C)C(=O)C(F)(F)F. The van der Waals surface area contributed by atoms with E-state index in [2.05, 4.69) is 19.7 Å². The molecule has 0 atom stereocenters. The highest BCUT2D eigenvalue weighted by atomic mass is 19.4. The van der Waals surface area contributed by atoms with Gasteiger partial charge < -0.3 is 4.90 Å². The van der Waals surface area contributed by atoms with E-state index in [-0.39, 0.29) is 19.5 Å². The summed E-state index contributed by atoms with van der Waals surface area (Å²) in [6.07, 6.45) is -3.33. The highest BCUT2D eigenvalue weighted by Gasteiger charge is 2.41. The van der Waals surface area contributed by atoms with Crippen LogP contribution in [0.3, 0.4) is 0 Å². The molecule has 0 aromatic rings. The summed E-state index contributed by atoms with van der Waals surface area (Å²) in [6.45, 7) is 12.1. The van der Waals surface area contributed by atoms with Gasteiger partial charge in [-0.25, -0.2) is 0 Å². The third-order valence-corrected chi connectivity index (χ3v) is 2.17. The van der Waals surface area contributed by atoms with Crippen LogP contribution in [0, 0.1) is 0 Å². The Balaban J connectivity index is 4.55. The molecule has 0 unspecified atom stereocenters. The lowest BCUT2D eigenvalue weighted by molar-refractivity contribution is -0.184. The smallest absolute Gasteiger partial charge is 0.331 e. The lowest BCUT2D eigenvalue weighted by Gasteiger charge is -2.22. The van der Waals surface area contributed by atoms with Crippen LogP contribution in [0.4, 0.5) is 13.2 Å². The Hall–Kier alpha value is -1.52. The van der Waals surface area contributed by atoms with Crippen molar-refractivity contribution in [2.75, 3.05) is 13.1 Å². The number of halogens is 3. The van der Waals surface area contributed by atoms with Crippen LogP contribution in [0.1, 0.15) is 13.3 Å². The third-order valence-electron chi connectivity index (χ3n) is 2.17. The summed E-state index contributed by atoms with van der Waals surface area (Å²) >= 11 is 0. The molecule has 0 aliphatic heterocycles. The largest absolute Gasteiger partial charge is 0.471 e. The Labute approximate surface area is 99.1 Å². The number of amides is 1. The zero-order valence-corrected chi connectivity index (χ0v) is 9.81. The highest BCUT2D eigenvalue weighted by molar-refractivity contribution is 5.82. The van der Waals surface area contributed by atoms with Gasteiger partial charge in [0, 0.05) is 13.1 Å². The average molecular weight is 247 g/mol. The van der Waals surface area contributed by atoms with Crippen molar-refractivity contribution in [2.45, 2.75) is 19.5 Å². The van der Waals surface area contributed by atoms with Gasteiger partial charge in [-0.3, -0.25) is 4.79 Å². The van der Waals surface area contributed by atoms with Crippen molar-refractivity contribution >= 4 is 5.91 Å². The summed E-state index contributed by atoms with van der Waals surface area (Å²) in [5.74, 6) is -1.85. The van der Waals surface area contributed by atoms with Crippen molar-refractivity contribution < 1.29 is 18.0 Å². The van der Waals surface area contributed by atoms with E-state index >= 15 is 0 Å². The minimum atomic E-state index is -4.85. The third kappa shape index (κ3) is 5.38. The molecule has 1 amide bonds. The zero-order chi connectivity index (χ0) is 13.6. The van der Waals surface area contributed by atoms with Crippen LogP contribution in [-0.4, -0.2) is 30.1 Å². The van der Waals surface area contributed by atoms with E-state index in [0.29, 0.717) is 16.0 Å². The van der Waals surface area contributed by atoms with Gasteiger partial charge >= 0.3 is 12.1 Å². The maximum Gasteiger partial charge on any atom is 0.471 e. The molecule has 2 nitrogen and oxygen atoms in total. The normalized spacial score (nSPS) is 10.8. The van der Waals surface area contributed by atoms with E-state index in [4.69, 9.17) is 0 Å². The molecule has 0 aromatic carbocycles. The van der Waals surface area contributed by atoms with Gasteiger partial charge in [0.1, 0.15) is 0 Å². The molecule has 0 saturated carbocycles. The van der Waals surface area contributed by atoms with Crippen molar-refractivity contribution in [3.8, 4) is 0 Å². The monoisotopic (exact) mass is 247 g/mol. The molecule has 0 heterocycles. The number of nitrogens with zero attached hydrogens (tertiary/aromatic N) is 1. The van der Waals surface area contributed by atoms with E-state index in [0.717, 1.165) is 0 Å². The Kier molecular flexibility index (Phi) is 5.71. The van der Waals surface area contributed by atoms with Gasteiger partial charge in [-0.1, -0.05) is 30.4 Å². The first-order valence-corrected chi connectivity index (χ1v) is 5.00. The van der Waals surface area contributed by atoms with Crippen molar-refractivity contribution in [3.63, 3.8) is 0 Å². The fourth-order valence-corrected chi connectivity index (χ4v) is 1.09. The number of allylic oxidation sites excluding steroid dienone is 1. The predicted molar refractivity (Wildman–Crippen MR) is 61.4 cm³/mol. The molecule has 0 aromatic heterocycles. The summed E-state index contributed by atoms with van der Waals surface area (Å²) in [7, 11) is 0. The molecule has 0 saturated heterocycles. The summed E-state index contributed by atoms with van der Waals surface area (Å²) in [5, 5.41) is 0. The predicted octanol–water partition coefficient (Wildman–Crippen LogP) is 3.09. The minimum Gasteiger partial charge on any atom is -0.331 e. The van der Waals surface area contributed by atoms with E-state index in [1.165, 1.54) is 6.08 Å². The minimum absolute atomic E-state index is 0.0456. The second-order valence-corrected chi connectivity index (χ2v) is 3.67. The molecule has 0 N–H and O–H groups in total. The van der Waals surface area contributed by atoms with Crippen LogP contribution in [0.2, 0.25) is 0 Å². The molecular formula is C12H16F3NO. The lowest BCUT2D eigenvalue weighted by Crippen LogP contribution is -2.41. The van der Waals surface area contributed by atoms with E-state index in [1.54, 1.807) is 6.92 Å². The number of alkyl halides is 3. The average Bonchev–Trinajstić information content (AvgIpc) is 2.21. The summed E-state index contributed by atoms with van der Waals surface area (Å²) in [5.41, 5.74) is 1.33. The lowest BCUT2D eigenvalue weighted by atomic mass is 10.1. The molecule has 0 aliphatic rings. The highest BCUT2D eigenvalue weighted by Crippen LogP contribution is 2.19. The first-order valence-electron chi connectivity index (χ1n) is 5.00. The number of rotatable bonds is 6. The Bertz CT molecular complexity index is 331. The standard InChI is InChI=1S/C12H16F3NO/c1-5-7-16(11(17)12(13,14)15)8-6-10(4)9(2)3/h5H,1-2,4,6-8H2,3H3. The first kappa shape index (κ1) is 15.5. The molecular weight excluding hydrogens is 231 g/mol. The van der Waals surface area contributed by atoms with Gasteiger partial charge in [-0.15, -0.1) is 6.58 Å². The molecule has 17 heavy (non-hydrogen) atoms. The quantitative estimate of drug-likeness (QED) is 0.521. The van der Waals surface area contributed by atoms with Crippen LogP contribution >= 0.6 is 0 Å². The van der Waals surface area contributed by atoms with Gasteiger partial charge in [0.25, 0.3) is 0 Å². The fraction of sp³-hybridized carbons (Fsp3) is 0.417. The number of carbonyl (C=O) groups excluding carboxylic acids is 1. The van der Waals surface area contributed by atoms with Crippen LogP contribution in [0.15, 0.2) is 37.0 Å². The Morgan fingerprint density at radius 1 is 1.35 bits per heavy atom. The Morgan fingerprint density at radius 2 is 1.88 bits per heavy atom. The molecule has 96 valence electrons. The van der Waals surface area contributed by atoms with E-state index in [1.807, 2.05) is 0 Å². The van der Waals surface area contributed by atoms with Gasteiger partial charge in [0.2, 0.25) is 0 Å². The molecule has 0 fully saturated rings. The van der Waals surface area contributed by atoms with Gasteiger partial charge in [-0.05, 0) is 13.3 Å². The maximum absolute atomic E-state index is 12.2. The van der Waals surface area contributed by atoms with E-state index in [9.17, 15) is 18.0 Å². The second kappa shape index (κ2) is 6.27. The van der Waals surface area contributed by atoms with E-state index < -0.39 is 12.1 Å². The number of carbonyl (C=O) groups is 1. The van der Waals surface area contributed by atoms with Crippen LogP contribution in [-0.2, 0) is 4.79 Å². The van der Waals surface area contributed by atoms with Gasteiger partial charge in [0.15, 0.2) is 0 Å². The summed E-state index contributed by atoms with van der Waals surface area (Å²) in [4.78, 5) is 11.7. The summed E-state index contributed by atoms with van der Waals surface area (Å²) in [6, 6.07) is 0. The molecule has 0 bridgehead atoms. The number of hydrogen-bond acceptors (Lipinski definition) is 1. The van der Waals surface area contributed by atoms with Crippen molar-refractivity contribution in [1.82, 2.24) is 4.90 Å². The fourth-order valence-electron chi connectivity index (χ4n) is 1.09. The second-order valence-electron chi connectivity index (χ2n) is 3.67.